The van der Waals surface area contributed by atoms with Gasteiger partial charge in [0.1, 0.15) is 18.1 Å². The second-order valence-corrected chi connectivity index (χ2v) is 5.73. The average Bonchev–Trinajstić information content (AvgIpc) is 2.72. The Kier molecular flexibility index (Phi) is 5.88. The normalized spacial score (nSPS) is 10.2. The fourth-order valence-electron chi connectivity index (χ4n) is 2.57. The van der Waals surface area contributed by atoms with Crippen molar-refractivity contribution in [3.63, 3.8) is 0 Å². The molecule has 0 aliphatic heterocycles. The third-order valence-electron chi connectivity index (χ3n) is 3.95. The maximum Gasteiger partial charge on any atom is 0.251 e. The summed E-state index contributed by atoms with van der Waals surface area (Å²) in [6.07, 6.45) is 0. The van der Waals surface area contributed by atoms with Crippen LogP contribution in [0.1, 0.15) is 10.4 Å². The van der Waals surface area contributed by atoms with E-state index in [2.05, 4.69) is 5.32 Å². The summed E-state index contributed by atoms with van der Waals surface area (Å²) < 4.78 is 10.8. The first-order valence-corrected chi connectivity index (χ1v) is 8.47. The summed E-state index contributed by atoms with van der Waals surface area (Å²) >= 11 is 0. The van der Waals surface area contributed by atoms with Gasteiger partial charge in [0, 0.05) is 11.6 Å². The van der Waals surface area contributed by atoms with E-state index in [1.54, 1.807) is 7.11 Å². The van der Waals surface area contributed by atoms with E-state index in [0.717, 1.165) is 16.9 Å². The molecular weight excluding hydrogens is 326 g/mol. The van der Waals surface area contributed by atoms with E-state index in [4.69, 9.17) is 9.47 Å². The van der Waals surface area contributed by atoms with Crippen molar-refractivity contribution in [3.8, 4) is 22.6 Å². The van der Waals surface area contributed by atoms with Crippen molar-refractivity contribution in [2.45, 2.75) is 0 Å². The number of carbonyl (C=O) groups is 1. The molecular formula is C22H21NO3. The van der Waals surface area contributed by atoms with E-state index >= 15 is 0 Å². The SMILES string of the molecule is COc1cccc(OCCNC(=O)c2ccc(-c3ccccc3)cc2)c1. The fraction of sp³-hybridized carbons (Fsp3) is 0.136. The highest BCUT2D eigenvalue weighted by molar-refractivity contribution is 5.94. The molecule has 3 rings (SSSR count). The van der Waals surface area contributed by atoms with Gasteiger partial charge in [-0.05, 0) is 35.4 Å². The van der Waals surface area contributed by atoms with Crippen molar-refractivity contribution in [1.29, 1.82) is 0 Å². The number of hydrogen-bond acceptors (Lipinski definition) is 3. The number of carbonyl (C=O) groups excluding carboxylic acids is 1. The minimum absolute atomic E-state index is 0.112. The Balaban J connectivity index is 1.49. The molecule has 26 heavy (non-hydrogen) atoms. The lowest BCUT2D eigenvalue weighted by Crippen LogP contribution is -2.28. The Morgan fingerprint density at radius 2 is 1.54 bits per heavy atom. The van der Waals surface area contributed by atoms with Crippen molar-refractivity contribution in [3.05, 3.63) is 84.4 Å². The quantitative estimate of drug-likeness (QED) is 0.653. The summed E-state index contributed by atoms with van der Waals surface area (Å²) in [5.74, 6) is 1.34. The maximum absolute atomic E-state index is 12.2. The van der Waals surface area contributed by atoms with Gasteiger partial charge in [-0.25, -0.2) is 0 Å². The van der Waals surface area contributed by atoms with Gasteiger partial charge in [0.25, 0.3) is 5.91 Å². The number of methoxy groups -OCH3 is 1. The van der Waals surface area contributed by atoms with Gasteiger partial charge in [-0.1, -0.05) is 48.5 Å². The summed E-state index contributed by atoms with van der Waals surface area (Å²) in [5, 5.41) is 2.86. The average molecular weight is 347 g/mol. The smallest absolute Gasteiger partial charge is 0.251 e. The summed E-state index contributed by atoms with van der Waals surface area (Å²) in [4.78, 5) is 12.2. The standard InChI is InChI=1S/C22H21NO3/c1-25-20-8-5-9-21(16-20)26-15-14-23-22(24)19-12-10-18(11-13-19)17-6-3-2-4-7-17/h2-13,16H,14-15H2,1H3,(H,23,24). The highest BCUT2D eigenvalue weighted by Crippen LogP contribution is 2.20. The molecule has 0 heterocycles. The Morgan fingerprint density at radius 3 is 2.27 bits per heavy atom. The molecule has 0 saturated carbocycles. The summed E-state index contributed by atoms with van der Waals surface area (Å²) in [6, 6.07) is 25.0. The molecule has 0 unspecified atom stereocenters. The predicted molar refractivity (Wildman–Crippen MR) is 103 cm³/mol. The molecule has 0 saturated heterocycles. The molecule has 0 aliphatic rings. The second kappa shape index (κ2) is 8.72. The van der Waals surface area contributed by atoms with Crippen molar-refractivity contribution in [2.24, 2.45) is 0 Å². The third kappa shape index (κ3) is 4.63. The summed E-state index contributed by atoms with van der Waals surface area (Å²) in [7, 11) is 1.61. The first kappa shape index (κ1) is 17.5. The van der Waals surface area contributed by atoms with Crippen LogP contribution < -0.4 is 14.8 Å². The van der Waals surface area contributed by atoms with E-state index in [1.807, 2.05) is 78.9 Å². The van der Waals surface area contributed by atoms with Crippen LogP contribution >= 0.6 is 0 Å². The van der Waals surface area contributed by atoms with Crippen LogP contribution in [0.4, 0.5) is 0 Å². The minimum Gasteiger partial charge on any atom is -0.497 e. The zero-order chi connectivity index (χ0) is 18.2. The third-order valence-corrected chi connectivity index (χ3v) is 3.95. The Hall–Kier alpha value is -3.27. The Labute approximate surface area is 153 Å². The molecule has 0 aliphatic carbocycles. The molecule has 1 N–H and O–H groups in total. The van der Waals surface area contributed by atoms with Crippen LogP contribution in [0.25, 0.3) is 11.1 Å². The van der Waals surface area contributed by atoms with Crippen LogP contribution in [0.2, 0.25) is 0 Å². The number of nitrogens with one attached hydrogen (secondary N) is 1. The number of benzene rings is 3. The molecule has 0 fully saturated rings. The molecule has 132 valence electrons. The van der Waals surface area contributed by atoms with Crippen LogP contribution in [0.5, 0.6) is 11.5 Å². The second-order valence-electron chi connectivity index (χ2n) is 5.73. The monoisotopic (exact) mass is 347 g/mol. The van der Waals surface area contributed by atoms with Gasteiger partial charge in [-0.15, -0.1) is 0 Å². The number of ether oxygens (including phenoxy) is 2. The van der Waals surface area contributed by atoms with Gasteiger partial charge in [-0.3, -0.25) is 4.79 Å². The van der Waals surface area contributed by atoms with Gasteiger partial charge in [0.05, 0.1) is 13.7 Å². The molecule has 0 bridgehead atoms. The molecule has 4 nitrogen and oxygen atoms in total. The molecule has 0 aromatic heterocycles. The lowest BCUT2D eigenvalue weighted by molar-refractivity contribution is 0.0947. The van der Waals surface area contributed by atoms with Crippen LogP contribution in [0.15, 0.2) is 78.9 Å². The van der Waals surface area contributed by atoms with E-state index in [0.29, 0.717) is 24.5 Å². The zero-order valence-corrected chi connectivity index (χ0v) is 14.6. The van der Waals surface area contributed by atoms with Crippen molar-refractivity contribution < 1.29 is 14.3 Å². The van der Waals surface area contributed by atoms with Crippen LogP contribution in [0, 0.1) is 0 Å². The molecule has 0 radical (unpaired) electrons. The summed E-state index contributed by atoms with van der Waals surface area (Å²) in [6.45, 7) is 0.817. The predicted octanol–water partition coefficient (Wildman–Crippen LogP) is 4.17. The molecule has 3 aromatic rings. The number of hydrogen-bond donors (Lipinski definition) is 1. The molecule has 0 spiro atoms. The molecule has 3 aromatic carbocycles. The van der Waals surface area contributed by atoms with Gasteiger partial charge in [-0.2, -0.15) is 0 Å². The van der Waals surface area contributed by atoms with E-state index in [1.165, 1.54) is 0 Å². The van der Waals surface area contributed by atoms with E-state index < -0.39 is 0 Å². The van der Waals surface area contributed by atoms with Gasteiger partial charge < -0.3 is 14.8 Å². The Bertz CT molecular complexity index is 845. The van der Waals surface area contributed by atoms with Crippen molar-refractivity contribution >= 4 is 5.91 Å². The van der Waals surface area contributed by atoms with Crippen LogP contribution in [-0.4, -0.2) is 26.2 Å². The molecule has 4 heteroatoms. The van der Waals surface area contributed by atoms with Crippen molar-refractivity contribution in [1.82, 2.24) is 5.32 Å². The van der Waals surface area contributed by atoms with E-state index in [-0.39, 0.29) is 5.91 Å². The van der Waals surface area contributed by atoms with Crippen molar-refractivity contribution in [2.75, 3.05) is 20.3 Å². The van der Waals surface area contributed by atoms with Gasteiger partial charge in [0.2, 0.25) is 0 Å². The number of amides is 1. The first-order valence-electron chi connectivity index (χ1n) is 8.47. The topological polar surface area (TPSA) is 47.6 Å². The highest BCUT2D eigenvalue weighted by atomic mass is 16.5. The van der Waals surface area contributed by atoms with Crippen LogP contribution in [0.3, 0.4) is 0 Å². The van der Waals surface area contributed by atoms with Gasteiger partial charge >= 0.3 is 0 Å². The lowest BCUT2D eigenvalue weighted by atomic mass is 10.0. The number of rotatable bonds is 7. The maximum atomic E-state index is 12.2. The largest absolute Gasteiger partial charge is 0.497 e. The molecule has 1 amide bonds. The summed E-state index contributed by atoms with van der Waals surface area (Å²) in [5.41, 5.74) is 2.85. The highest BCUT2D eigenvalue weighted by Gasteiger charge is 2.05. The van der Waals surface area contributed by atoms with Crippen LogP contribution in [-0.2, 0) is 0 Å². The Morgan fingerprint density at radius 1 is 0.846 bits per heavy atom. The fourth-order valence-corrected chi connectivity index (χ4v) is 2.57. The van der Waals surface area contributed by atoms with Gasteiger partial charge in [0.15, 0.2) is 0 Å². The molecule has 0 atom stereocenters. The first-order chi connectivity index (χ1) is 12.8. The zero-order valence-electron chi connectivity index (χ0n) is 14.6. The lowest BCUT2D eigenvalue weighted by Gasteiger charge is -2.09. The van der Waals surface area contributed by atoms with E-state index in [9.17, 15) is 4.79 Å². The minimum atomic E-state index is -0.112.